The van der Waals surface area contributed by atoms with Crippen LogP contribution in [0.25, 0.3) is 0 Å². The maximum absolute atomic E-state index is 5.72. The number of nitrogen functional groups attached to an aromatic ring is 2. The maximum Gasteiger partial charge on any atom is 0.223 e. The molecule has 0 unspecified atom stereocenters. The van der Waals surface area contributed by atoms with Gasteiger partial charge in [-0.3, -0.25) is 0 Å². The third kappa shape index (κ3) is 2.09. The van der Waals surface area contributed by atoms with Crippen molar-refractivity contribution in [3.8, 4) is 0 Å². The summed E-state index contributed by atoms with van der Waals surface area (Å²) in [4.78, 5) is 10.5. The van der Waals surface area contributed by atoms with Gasteiger partial charge in [-0.2, -0.15) is 9.97 Å². The zero-order chi connectivity index (χ0) is 12.6. The molecule has 2 aliphatic rings. The van der Waals surface area contributed by atoms with Crippen LogP contribution in [0.3, 0.4) is 0 Å². The molecule has 2 fully saturated rings. The summed E-state index contributed by atoms with van der Waals surface area (Å²) in [5.74, 6) is 1.61. The number of nitrogens with two attached hydrogens (primary N) is 2. The fourth-order valence-electron chi connectivity index (χ4n) is 3.47. The zero-order valence-corrected chi connectivity index (χ0v) is 10.7. The number of piperidine rings is 1. The summed E-state index contributed by atoms with van der Waals surface area (Å²) in [7, 11) is 0. The largest absolute Gasteiger partial charge is 0.383 e. The van der Waals surface area contributed by atoms with Crippen molar-refractivity contribution in [2.24, 2.45) is 5.41 Å². The second-order valence-corrected chi connectivity index (χ2v) is 5.70. The minimum absolute atomic E-state index is 0.270. The molecule has 5 heteroatoms. The molecular formula is C13H21N5. The first kappa shape index (κ1) is 11.6. The molecule has 1 aromatic heterocycles. The third-order valence-electron chi connectivity index (χ3n) is 4.56. The lowest BCUT2D eigenvalue weighted by Gasteiger charge is -2.40. The Morgan fingerprint density at radius 1 is 1.00 bits per heavy atom. The second-order valence-electron chi connectivity index (χ2n) is 5.70. The Morgan fingerprint density at radius 3 is 2.28 bits per heavy atom. The van der Waals surface area contributed by atoms with Crippen molar-refractivity contribution in [2.45, 2.75) is 38.5 Å². The van der Waals surface area contributed by atoms with Crippen LogP contribution in [0.4, 0.5) is 17.6 Å². The van der Waals surface area contributed by atoms with E-state index in [1.54, 1.807) is 0 Å². The van der Waals surface area contributed by atoms with Gasteiger partial charge in [-0.15, -0.1) is 0 Å². The molecule has 1 saturated carbocycles. The summed E-state index contributed by atoms with van der Waals surface area (Å²) in [5.41, 5.74) is 12.0. The Kier molecular flexibility index (Phi) is 2.76. The van der Waals surface area contributed by atoms with E-state index in [2.05, 4.69) is 14.9 Å². The van der Waals surface area contributed by atoms with Gasteiger partial charge in [-0.25, -0.2) is 0 Å². The van der Waals surface area contributed by atoms with Crippen LogP contribution in [0.1, 0.15) is 38.5 Å². The van der Waals surface area contributed by atoms with E-state index in [0.29, 0.717) is 11.2 Å². The summed E-state index contributed by atoms with van der Waals surface area (Å²) in [6.45, 7) is 2.13. The van der Waals surface area contributed by atoms with Gasteiger partial charge < -0.3 is 16.4 Å². The highest BCUT2D eigenvalue weighted by Gasteiger charge is 2.37. The van der Waals surface area contributed by atoms with Gasteiger partial charge in [0.1, 0.15) is 11.6 Å². The average molecular weight is 247 g/mol. The van der Waals surface area contributed by atoms with Gasteiger partial charge >= 0.3 is 0 Å². The van der Waals surface area contributed by atoms with Crippen LogP contribution in [-0.2, 0) is 0 Å². The molecule has 1 aromatic rings. The summed E-state index contributed by atoms with van der Waals surface area (Å²) in [5, 5.41) is 0. The molecule has 0 aromatic carbocycles. The smallest absolute Gasteiger partial charge is 0.223 e. The molecule has 4 N–H and O–H groups in total. The SMILES string of the molecule is Nc1cc(N2CCC3(CCCC3)CC2)nc(N)n1. The number of hydrogen-bond donors (Lipinski definition) is 2. The van der Waals surface area contributed by atoms with Gasteiger partial charge in [0.25, 0.3) is 0 Å². The first-order chi connectivity index (χ1) is 8.67. The summed E-state index contributed by atoms with van der Waals surface area (Å²) < 4.78 is 0. The Balaban J connectivity index is 1.72. The standard InChI is InChI=1S/C13H21N5/c14-10-9-11(17-12(15)16-10)18-7-5-13(6-8-18)3-1-2-4-13/h9H,1-8H2,(H4,14,15,16,17). The van der Waals surface area contributed by atoms with Crippen LogP contribution in [0.2, 0.25) is 0 Å². The number of rotatable bonds is 1. The van der Waals surface area contributed by atoms with Crippen LogP contribution in [0.5, 0.6) is 0 Å². The van der Waals surface area contributed by atoms with Crippen molar-refractivity contribution in [3.05, 3.63) is 6.07 Å². The van der Waals surface area contributed by atoms with Crippen LogP contribution >= 0.6 is 0 Å². The molecule has 1 saturated heterocycles. The quantitative estimate of drug-likeness (QED) is 0.791. The van der Waals surface area contributed by atoms with Gasteiger partial charge in [-0.05, 0) is 31.1 Å². The maximum atomic E-state index is 5.72. The molecule has 5 nitrogen and oxygen atoms in total. The Bertz CT molecular complexity index is 409. The summed E-state index contributed by atoms with van der Waals surface area (Å²) in [6.07, 6.45) is 8.19. The van der Waals surface area contributed by atoms with Crippen molar-refractivity contribution in [3.63, 3.8) is 0 Å². The topological polar surface area (TPSA) is 81.1 Å². The van der Waals surface area contributed by atoms with E-state index in [4.69, 9.17) is 11.5 Å². The molecule has 0 amide bonds. The molecule has 0 radical (unpaired) electrons. The Morgan fingerprint density at radius 2 is 1.67 bits per heavy atom. The third-order valence-corrected chi connectivity index (χ3v) is 4.56. The molecule has 3 rings (SSSR count). The average Bonchev–Trinajstić information content (AvgIpc) is 2.77. The van der Waals surface area contributed by atoms with E-state index in [0.717, 1.165) is 18.9 Å². The summed E-state index contributed by atoms with van der Waals surface area (Å²) >= 11 is 0. The van der Waals surface area contributed by atoms with Crippen LogP contribution < -0.4 is 16.4 Å². The van der Waals surface area contributed by atoms with Crippen molar-refractivity contribution >= 4 is 17.6 Å². The predicted molar refractivity (Wildman–Crippen MR) is 73.2 cm³/mol. The molecule has 0 atom stereocenters. The first-order valence-corrected chi connectivity index (χ1v) is 6.82. The van der Waals surface area contributed by atoms with E-state index in [-0.39, 0.29) is 5.95 Å². The molecule has 2 heterocycles. The highest BCUT2D eigenvalue weighted by atomic mass is 15.2. The highest BCUT2D eigenvalue weighted by molar-refractivity contribution is 5.50. The number of hydrogen-bond acceptors (Lipinski definition) is 5. The van der Waals surface area contributed by atoms with Gasteiger partial charge in [0.2, 0.25) is 5.95 Å². The lowest BCUT2D eigenvalue weighted by molar-refractivity contribution is 0.226. The van der Waals surface area contributed by atoms with Crippen molar-refractivity contribution in [2.75, 3.05) is 29.5 Å². The fourth-order valence-corrected chi connectivity index (χ4v) is 3.47. The van der Waals surface area contributed by atoms with Gasteiger partial charge in [-0.1, -0.05) is 12.8 Å². The van der Waals surface area contributed by atoms with Crippen LogP contribution in [-0.4, -0.2) is 23.1 Å². The molecule has 0 bridgehead atoms. The molecule has 1 aliphatic heterocycles. The Hall–Kier alpha value is -1.52. The monoisotopic (exact) mass is 247 g/mol. The van der Waals surface area contributed by atoms with Gasteiger partial charge in [0, 0.05) is 19.2 Å². The normalized spacial score (nSPS) is 22.6. The van der Waals surface area contributed by atoms with Crippen LogP contribution in [0, 0.1) is 5.41 Å². The number of aromatic nitrogens is 2. The lowest BCUT2D eigenvalue weighted by atomic mass is 9.77. The molecule has 98 valence electrons. The molecule has 18 heavy (non-hydrogen) atoms. The minimum Gasteiger partial charge on any atom is -0.383 e. The van der Waals surface area contributed by atoms with E-state index >= 15 is 0 Å². The van der Waals surface area contributed by atoms with E-state index < -0.39 is 0 Å². The Labute approximate surface area is 108 Å². The molecule has 1 spiro atoms. The van der Waals surface area contributed by atoms with E-state index in [1.807, 2.05) is 6.07 Å². The van der Waals surface area contributed by atoms with Crippen molar-refractivity contribution in [1.82, 2.24) is 9.97 Å². The zero-order valence-electron chi connectivity index (χ0n) is 10.7. The van der Waals surface area contributed by atoms with E-state index in [9.17, 15) is 0 Å². The van der Waals surface area contributed by atoms with Crippen LogP contribution in [0.15, 0.2) is 6.07 Å². The van der Waals surface area contributed by atoms with Crippen molar-refractivity contribution in [1.29, 1.82) is 0 Å². The second kappa shape index (κ2) is 4.30. The minimum atomic E-state index is 0.270. The molecular weight excluding hydrogens is 226 g/mol. The van der Waals surface area contributed by atoms with Gasteiger partial charge in [0.15, 0.2) is 0 Å². The highest BCUT2D eigenvalue weighted by Crippen LogP contribution is 2.46. The lowest BCUT2D eigenvalue weighted by Crippen LogP contribution is -2.39. The number of nitrogens with zero attached hydrogens (tertiary/aromatic N) is 3. The molecule has 1 aliphatic carbocycles. The fraction of sp³-hybridized carbons (Fsp3) is 0.692. The number of anilines is 3. The van der Waals surface area contributed by atoms with Crippen molar-refractivity contribution < 1.29 is 0 Å². The predicted octanol–water partition coefficient (Wildman–Crippen LogP) is 1.80. The summed E-state index contributed by atoms with van der Waals surface area (Å²) in [6, 6.07) is 1.82. The van der Waals surface area contributed by atoms with Gasteiger partial charge in [0.05, 0.1) is 0 Å². The first-order valence-electron chi connectivity index (χ1n) is 6.82. The van der Waals surface area contributed by atoms with E-state index in [1.165, 1.54) is 38.5 Å².